The van der Waals surface area contributed by atoms with E-state index in [0.717, 1.165) is 36.8 Å². The standard InChI is InChI=1S/C27H38N2O5/c1-8-9-10-11-18(19-12-13-24(33-6)29-25(19)34-7)15-23(30)28-22-16-20(26(31)32)17(2)14-21(22)27(3,4)5/h12-14,16,18H,8-11,15H2,1-7H3,(H,28,30)(H,31,32). The summed E-state index contributed by atoms with van der Waals surface area (Å²) in [6.07, 6.45) is 4.16. The zero-order valence-corrected chi connectivity index (χ0v) is 21.4. The SMILES string of the molecule is CCCCCC(CC(=O)Nc1cc(C(=O)O)c(C)cc1C(C)(C)C)c1ccc(OC)nc1OC. The van der Waals surface area contributed by atoms with E-state index in [9.17, 15) is 14.7 Å². The first kappa shape index (κ1) is 27.2. The summed E-state index contributed by atoms with van der Waals surface area (Å²) < 4.78 is 10.7. The number of carbonyl (C=O) groups excluding carboxylic acids is 1. The Bertz CT molecular complexity index is 1010. The van der Waals surface area contributed by atoms with Crippen molar-refractivity contribution in [2.75, 3.05) is 19.5 Å². The molecule has 0 aliphatic carbocycles. The van der Waals surface area contributed by atoms with Gasteiger partial charge in [-0.05, 0) is 47.9 Å². The predicted molar refractivity (Wildman–Crippen MR) is 134 cm³/mol. The molecule has 0 saturated heterocycles. The topological polar surface area (TPSA) is 97.8 Å². The number of aromatic carboxylic acids is 1. The van der Waals surface area contributed by atoms with Crippen LogP contribution in [0.1, 0.15) is 92.8 Å². The molecule has 2 rings (SSSR count). The maximum atomic E-state index is 13.3. The highest BCUT2D eigenvalue weighted by Crippen LogP contribution is 2.35. The van der Waals surface area contributed by atoms with Crippen LogP contribution in [0.4, 0.5) is 5.69 Å². The van der Waals surface area contributed by atoms with E-state index in [0.29, 0.717) is 23.0 Å². The summed E-state index contributed by atoms with van der Waals surface area (Å²) >= 11 is 0. The van der Waals surface area contributed by atoms with Gasteiger partial charge < -0.3 is 19.9 Å². The molecule has 186 valence electrons. The van der Waals surface area contributed by atoms with Crippen LogP contribution in [-0.2, 0) is 10.2 Å². The fourth-order valence-electron chi connectivity index (χ4n) is 4.12. The van der Waals surface area contributed by atoms with Crippen molar-refractivity contribution < 1.29 is 24.2 Å². The van der Waals surface area contributed by atoms with Crippen LogP contribution >= 0.6 is 0 Å². The molecule has 2 N–H and O–H groups in total. The van der Waals surface area contributed by atoms with Crippen molar-refractivity contribution in [3.05, 3.63) is 46.5 Å². The number of carboxylic acid groups (broad SMARTS) is 1. The molecule has 1 unspecified atom stereocenters. The Kier molecular flexibility index (Phi) is 9.47. The Hall–Kier alpha value is -3.09. The number of aryl methyl sites for hydroxylation is 1. The minimum atomic E-state index is -1.01. The molecule has 0 saturated carbocycles. The van der Waals surface area contributed by atoms with Crippen molar-refractivity contribution in [1.29, 1.82) is 0 Å². The lowest BCUT2D eigenvalue weighted by Gasteiger charge is -2.25. The molecule has 7 nitrogen and oxygen atoms in total. The molecular formula is C27H38N2O5. The number of methoxy groups -OCH3 is 2. The number of nitrogens with one attached hydrogen (secondary N) is 1. The van der Waals surface area contributed by atoms with Crippen molar-refractivity contribution in [2.24, 2.45) is 0 Å². The summed E-state index contributed by atoms with van der Waals surface area (Å²) in [5.74, 6) is -0.382. The molecule has 1 aromatic carbocycles. The van der Waals surface area contributed by atoms with Crippen LogP contribution < -0.4 is 14.8 Å². The van der Waals surface area contributed by atoms with Crippen molar-refractivity contribution in [3.8, 4) is 11.8 Å². The van der Waals surface area contributed by atoms with Gasteiger partial charge in [0.15, 0.2) is 0 Å². The zero-order valence-electron chi connectivity index (χ0n) is 21.4. The lowest BCUT2D eigenvalue weighted by molar-refractivity contribution is -0.116. The Labute approximate surface area is 202 Å². The number of aromatic nitrogens is 1. The van der Waals surface area contributed by atoms with Crippen LogP contribution in [0.2, 0.25) is 0 Å². The lowest BCUT2D eigenvalue weighted by atomic mass is 9.83. The van der Waals surface area contributed by atoms with E-state index in [1.54, 1.807) is 33.3 Å². The predicted octanol–water partition coefficient (Wildman–Crippen LogP) is 6.10. The third-order valence-electron chi connectivity index (χ3n) is 5.97. The second-order valence-corrected chi connectivity index (χ2v) is 9.66. The number of unbranched alkanes of at least 4 members (excludes halogenated alkanes) is 2. The first-order chi connectivity index (χ1) is 16.0. The van der Waals surface area contributed by atoms with Gasteiger partial charge >= 0.3 is 5.97 Å². The number of carbonyl (C=O) groups is 2. The number of hydrogen-bond acceptors (Lipinski definition) is 5. The van der Waals surface area contributed by atoms with E-state index in [4.69, 9.17) is 9.47 Å². The van der Waals surface area contributed by atoms with E-state index >= 15 is 0 Å². The number of hydrogen-bond donors (Lipinski definition) is 2. The van der Waals surface area contributed by atoms with Gasteiger partial charge in [0.2, 0.25) is 17.7 Å². The minimum Gasteiger partial charge on any atom is -0.481 e. The first-order valence-electron chi connectivity index (χ1n) is 11.8. The molecule has 0 spiro atoms. The largest absolute Gasteiger partial charge is 0.481 e. The maximum absolute atomic E-state index is 13.3. The lowest BCUT2D eigenvalue weighted by Crippen LogP contribution is -2.21. The third-order valence-corrected chi connectivity index (χ3v) is 5.97. The van der Waals surface area contributed by atoms with Crippen molar-refractivity contribution in [3.63, 3.8) is 0 Å². The minimum absolute atomic E-state index is 0.0950. The summed E-state index contributed by atoms with van der Waals surface area (Å²) in [4.78, 5) is 29.4. The highest BCUT2D eigenvalue weighted by molar-refractivity contribution is 5.96. The van der Waals surface area contributed by atoms with Crippen LogP contribution in [0.15, 0.2) is 24.3 Å². The molecule has 1 aromatic heterocycles. The fourth-order valence-corrected chi connectivity index (χ4v) is 4.12. The van der Waals surface area contributed by atoms with Crippen LogP contribution in [0.5, 0.6) is 11.8 Å². The molecule has 0 bridgehead atoms. The zero-order chi connectivity index (χ0) is 25.5. The van der Waals surface area contributed by atoms with Gasteiger partial charge in [-0.15, -0.1) is 0 Å². The van der Waals surface area contributed by atoms with Crippen molar-refractivity contribution >= 4 is 17.6 Å². The Morgan fingerprint density at radius 2 is 1.82 bits per heavy atom. The Balaban J connectivity index is 2.38. The van der Waals surface area contributed by atoms with E-state index in [2.05, 4.69) is 17.2 Å². The van der Waals surface area contributed by atoms with Gasteiger partial charge in [-0.2, -0.15) is 4.98 Å². The van der Waals surface area contributed by atoms with Gasteiger partial charge in [0.25, 0.3) is 0 Å². The number of anilines is 1. The molecule has 0 aliphatic rings. The molecule has 0 aliphatic heterocycles. The average molecular weight is 471 g/mol. The fraction of sp³-hybridized carbons (Fsp3) is 0.519. The molecule has 1 atom stereocenters. The average Bonchev–Trinajstić information content (AvgIpc) is 2.78. The monoisotopic (exact) mass is 470 g/mol. The molecule has 1 amide bonds. The molecule has 7 heteroatoms. The molecular weight excluding hydrogens is 432 g/mol. The second-order valence-electron chi connectivity index (χ2n) is 9.66. The van der Waals surface area contributed by atoms with Crippen LogP contribution in [0.25, 0.3) is 0 Å². The summed E-state index contributed by atoms with van der Waals surface area (Å²) in [6.45, 7) is 10.0. The normalized spacial score (nSPS) is 12.2. The highest BCUT2D eigenvalue weighted by atomic mass is 16.5. The van der Waals surface area contributed by atoms with E-state index < -0.39 is 5.97 Å². The molecule has 0 fully saturated rings. The van der Waals surface area contributed by atoms with Crippen LogP contribution in [0, 0.1) is 6.92 Å². The van der Waals surface area contributed by atoms with Gasteiger partial charge in [0, 0.05) is 23.7 Å². The number of rotatable bonds is 11. The van der Waals surface area contributed by atoms with Gasteiger partial charge in [0.05, 0.1) is 19.8 Å². The van der Waals surface area contributed by atoms with Gasteiger partial charge in [-0.1, -0.05) is 53.0 Å². The summed E-state index contributed by atoms with van der Waals surface area (Å²) in [5, 5.41) is 12.6. The van der Waals surface area contributed by atoms with E-state index in [1.165, 1.54) is 0 Å². The molecule has 34 heavy (non-hydrogen) atoms. The first-order valence-corrected chi connectivity index (χ1v) is 11.8. The van der Waals surface area contributed by atoms with Gasteiger partial charge in [-0.25, -0.2) is 4.79 Å². The van der Waals surface area contributed by atoms with Crippen molar-refractivity contribution in [1.82, 2.24) is 4.98 Å². The number of amides is 1. The van der Waals surface area contributed by atoms with E-state index in [-0.39, 0.29) is 29.2 Å². The van der Waals surface area contributed by atoms with Gasteiger partial charge in [-0.3, -0.25) is 4.79 Å². The summed E-state index contributed by atoms with van der Waals surface area (Å²) in [6, 6.07) is 7.11. The number of carboxylic acids is 1. The number of benzene rings is 1. The number of nitrogens with zero attached hydrogens (tertiary/aromatic N) is 1. The van der Waals surface area contributed by atoms with Crippen LogP contribution in [-0.4, -0.2) is 36.2 Å². The Morgan fingerprint density at radius 1 is 1.12 bits per heavy atom. The number of pyridine rings is 1. The number of ether oxygens (including phenoxy) is 2. The van der Waals surface area contributed by atoms with E-state index in [1.807, 2.05) is 32.9 Å². The van der Waals surface area contributed by atoms with Crippen molar-refractivity contribution in [2.45, 2.75) is 78.1 Å². The smallest absolute Gasteiger partial charge is 0.336 e. The molecule has 2 aromatic rings. The van der Waals surface area contributed by atoms with Crippen LogP contribution in [0.3, 0.4) is 0 Å². The summed E-state index contributed by atoms with van der Waals surface area (Å²) in [7, 11) is 3.11. The molecule has 1 heterocycles. The highest BCUT2D eigenvalue weighted by Gasteiger charge is 2.25. The second kappa shape index (κ2) is 11.9. The quantitative estimate of drug-likeness (QED) is 0.385. The van der Waals surface area contributed by atoms with Gasteiger partial charge in [0.1, 0.15) is 0 Å². The molecule has 0 radical (unpaired) electrons. The maximum Gasteiger partial charge on any atom is 0.336 e. The Morgan fingerprint density at radius 3 is 2.38 bits per heavy atom. The summed E-state index contributed by atoms with van der Waals surface area (Å²) in [5.41, 5.74) is 2.88. The third kappa shape index (κ3) is 6.95.